The molecule has 2 unspecified atom stereocenters. The molecule has 2 aliphatic rings. The van der Waals surface area contributed by atoms with E-state index in [1.165, 1.54) is 26.5 Å². The Morgan fingerprint density at radius 2 is 2.24 bits per heavy atom. The Bertz CT molecular complexity index is 532. The molecule has 0 saturated carbocycles. The average Bonchev–Trinajstić information content (AvgIpc) is 2.95. The van der Waals surface area contributed by atoms with Gasteiger partial charge in [-0.25, -0.2) is 0 Å². The number of phenolic OH excluding ortho intramolecular Hbond substituents is 1. The van der Waals surface area contributed by atoms with Crippen molar-refractivity contribution < 1.29 is 14.6 Å². The number of amides is 1. The minimum atomic E-state index is -0.220. The molecule has 0 radical (unpaired) electrons. The van der Waals surface area contributed by atoms with Crippen molar-refractivity contribution in [1.82, 2.24) is 10.2 Å². The minimum Gasteiger partial charge on any atom is -0.504 e. The number of carbonyl (C=O) groups is 1. The van der Waals surface area contributed by atoms with Gasteiger partial charge in [0.15, 0.2) is 11.5 Å². The Labute approximate surface area is 124 Å². The minimum absolute atomic E-state index is 0.0872. The third kappa shape index (κ3) is 2.83. The summed E-state index contributed by atoms with van der Waals surface area (Å²) in [5.41, 5.74) is 0.281. The number of piperidine rings is 1. The van der Waals surface area contributed by atoms with Crippen LogP contribution in [0.1, 0.15) is 36.0 Å². The number of benzene rings is 1. The summed E-state index contributed by atoms with van der Waals surface area (Å²) in [5.74, 6) is 0.0203. The maximum absolute atomic E-state index is 12.4. The number of hydrogen-bond donors (Lipinski definition) is 2. The summed E-state index contributed by atoms with van der Waals surface area (Å²) < 4.78 is 5.05. The van der Waals surface area contributed by atoms with Crippen molar-refractivity contribution in [1.29, 1.82) is 0 Å². The first-order chi connectivity index (χ1) is 10.2. The zero-order chi connectivity index (χ0) is 14.8. The van der Waals surface area contributed by atoms with Crippen LogP contribution in [0.2, 0.25) is 0 Å². The lowest BCUT2D eigenvalue weighted by Gasteiger charge is -2.35. The smallest absolute Gasteiger partial charge is 0.255 e. The molecule has 114 valence electrons. The fourth-order valence-corrected chi connectivity index (χ4v) is 3.49. The maximum atomic E-state index is 12.4. The predicted octanol–water partition coefficient (Wildman–Crippen LogP) is 1.76. The van der Waals surface area contributed by atoms with Crippen LogP contribution in [0.25, 0.3) is 0 Å². The third-order valence-electron chi connectivity index (χ3n) is 4.62. The number of hydrogen-bond acceptors (Lipinski definition) is 4. The van der Waals surface area contributed by atoms with E-state index >= 15 is 0 Å². The summed E-state index contributed by atoms with van der Waals surface area (Å²) in [6.07, 6.45) is 4.49. The lowest BCUT2D eigenvalue weighted by molar-refractivity contribution is 0.0893. The zero-order valence-corrected chi connectivity index (χ0v) is 12.3. The van der Waals surface area contributed by atoms with Gasteiger partial charge in [-0.1, -0.05) is 6.07 Å². The number of phenols is 1. The normalized spacial score (nSPS) is 25.4. The summed E-state index contributed by atoms with van der Waals surface area (Å²) >= 11 is 0. The Morgan fingerprint density at radius 1 is 1.38 bits per heavy atom. The lowest BCUT2D eigenvalue weighted by Crippen LogP contribution is -2.47. The van der Waals surface area contributed by atoms with Crippen LogP contribution in [0.3, 0.4) is 0 Å². The summed E-state index contributed by atoms with van der Waals surface area (Å²) in [4.78, 5) is 14.9. The topological polar surface area (TPSA) is 61.8 Å². The van der Waals surface area contributed by atoms with E-state index in [4.69, 9.17) is 4.74 Å². The quantitative estimate of drug-likeness (QED) is 0.890. The van der Waals surface area contributed by atoms with Gasteiger partial charge in [-0.2, -0.15) is 0 Å². The summed E-state index contributed by atoms with van der Waals surface area (Å²) in [6, 6.07) is 5.79. The van der Waals surface area contributed by atoms with E-state index in [9.17, 15) is 9.90 Å². The number of fused-ring (bicyclic) bond motifs is 1. The first kappa shape index (κ1) is 14.2. The van der Waals surface area contributed by atoms with E-state index in [0.717, 1.165) is 19.4 Å². The lowest BCUT2D eigenvalue weighted by atomic mass is 9.97. The second kappa shape index (κ2) is 5.93. The summed E-state index contributed by atoms with van der Waals surface area (Å²) in [6.45, 7) is 2.25. The van der Waals surface area contributed by atoms with Crippen molar-refractivity contribution in [3.63, 3.8) is 0 Å². The van der Waals surface area contributed by atoms with E-state index in [1.54, 1.807) is 18.2 Å². The Hall–Kier alpha value is -1.75. The first-order valence-electron chi connectivity index (χ1n) is 7.60. The molecule has 2 aliphatic heterocycles. The third-order valence-corrected chi connectivity index (χ3v) is 4.62. The molecule has 2 saturated heterocycles. The molecule has 2 fully saturated rings. The van der Waals surface area contributed by atoms with Crippen molar-refractivity contribution in [2.75, 3.05) is 20.2 Å². The van der Waals surface area contributed by atoms with Crippen LogP contribution in [0.4, 0.5) is 0 Å². The number of methoxy groups -OCH3 is 1. The van der Waals surface area contributed by atoms with Crippen molar-refractivity contribution >= 4 is 5.91 Å². The molecule has 1 amide bonds. The van der Waals surface area contributed by atoms with E-state index < -0.39 is 0 Å². The average molecular weight is 290 g/mol. The molecule has 0 aliphatic carbocycles. The van der Waals surface area contributed by atoms with Crippen molar-refractivity contribution in [3.8, 4) is 11.5 Å². The number of para-hydroxylation sites is 1. The fourth-order valence-electron chi connectivity index (χ4n) is 3.49. The van der Waals surface area contributed by atoms with Crippen molar-refractivity contribution in [3.05, 3.63) is 23.8 Å². The first-order valence-corrected chi connectivity index (χ1v) is 7.60. The molecule has 1 aromatic carbocycles. The molecule has 5 heteroatoms. The van der Waals surface area contributed by atoms with Crippen LogP contribution in [0.15, 0.2) is 18.2 Å². The van der Waals surface area contributed by atoms with Crippen LogP contribution in [-0.4, -0.2) is 48.2 Å². The highest BCUT2D eigenvalue weighted by atomic mass is 16.5. The van der Waals surface area contributed by atoms with Gasteiger partial charge >= 0.3 is 0 Å². The van der Waals surface area contributed by atoms with E-state index in [0.29, 0.717) is 11.8 Å². The van der Waals surface area contributed by atoms with Crippen LogP contribution in [-0.2, 0) is 0 Å². The summed E-state index contributed by atoms with van der Waals surface area (Å²) in [7, 11) is 1.48. The van der Waals surface area contributed by atoms with Crippen LogP contribution >= 0.6 is 0 Å². The van der Waals surface area contributed by atoms with E-state index in [1.807, 2.05) is 0 Å². The summed E-state index contributed by atoms with van der Waals surface area (Å²) in [5, 5.41) is 13.1. The maximum Gasteiger partial charge on any atom is 0.255 e. The molecule has 5 nitrogen and oxygen atoms in total. The van der Waals surface area contributed by atoms with Crippen LogP contribution < -0.4 is 10.1 Å². The highest BCUT2D eigenvalue weighted by Crippen LogP contribution is 2.30. The fraction of sp³-hybridized carbons (Fsp3) is 0.562. The number of carbonyl (C=O) groups excluding carboxylic acids is 1. The second-order valence-electron chi connectivity index (χ2n) is 5.88. The number of aromatic hydroxyl groups is 1. The Morgan fingerprint density at radius 3 is 3.05 bits per heavy atom. The number of nitrogens with zero attached hydrogens (tertiary/aromatic N) is 1. The molecule has 2 N–H and O–H groups in total. The molecular weight excluding hydrogens is 268 g/mol. The van der Waals surface area contributed by atoms with Gasteiger partial charge in [0.25, 0.3) is 5.91 Å². The number of nitrogens with one attached hydrogen (secondary N) is 1. The second-order valence-corrected chi connectivity index (χ2v) is 5.88. The molecule has 2 heterocycles. The highest BCUT2D eigenvalue weighted by molar-refractivity contribution is 5.97. The molecule has 21 heavy (non-hydrogen) atoms. The van der Waals surface area contributed by atoms with Gasteiger partial charge in [0.2, 0.25) is 0 Å². The molecule has 3 rings (SSSR count). The van der Waals surface area contributed by atoms with Gasteiger partial charge < -0.3 is 20.1 Å². The molecule has 2 atom stereocenters. The Kier molecular flexibility index (Phi) is 4.01. The SMILES string of the molecule is COc1cccc(C(=O)NC2CCN3CCCC3C2)c1O. The van der Waals surface area contributed by atoms with Gasteiger partial charge in [0, 0.05) is 18.6 Å². The Balaban J connectivity index is 1.66. The molecule has 1 aromatic rings. The van der Waals surface area contributed by atoms with Gasteiger partial charge in [0.05, 0.1) is 12.7 Å². The van der Waals surface area contributed by atoms with Gasteiger partial charge in [0.1, 0.15) is 0 Å². The predicted molar refractivity (Wildman–Crippen MR) is 79.7 cm³/mol. The number of rotatable bonds is 3. The van der Waals surface area contributed by atoms with Crippen LogP contribution in [0.5, 0.6) is 11.5 Å². The van der Waals surface area contributed by atoms with Crippen molar-refractivity contribution in [2.45, 2.75) is 37.8 Å². The van der Waals surface area contributed by atoms with E-state index in [-0.39, 0.29) is 23.3 Å². The molecule has 0 bridgehead atoms. The highest BCUT2D eigenvalue weighted by Gasteiger charge is 2.32. The standard InChI is InChI=1S/C16H22N2O3/c1-21-14-6-2-5-13(15(14)19)16(20)17-11-7-9-18-8-3-4-12(18)10-11/h2,5-6,11-12,19H,3-4,7-10H2,1H3,(H,17,20). The van der Waals surface area contributed by atoms with Gasteiger partial charge in [-0.05, 0) is 44.4 Å². The van der Waals surface area contributed by atoms with Crippen LogP contribution in [0, 0.1) is 0 Å². The molecular formula is C16H22N2O3. The zero-order valence-electron chi connectivity index (χ0n) is 12.3. The number of ether oxygens (including phenoxy) is 1. The van der Waals surface area contributed by atoms with Crippen molar-refractivity contribution in [2.24, 2.45) is 0 Å². The largest absolute Gasteiger partial charge is 0.504 e. The van der Waals surface area contributed by atoms with Gasteiger partial charge in [-0.15, -0.1) is 0 Å². The van der Waals surface area contributed by atoms with E-state index in [2.05, 4.69) is 10.2 Å². The monoisotopic (exact) mass is 290 g/mol. The molecule has 0 spiro atoms. The van der Waals surface area contributed by atoms with Gasteiger partial charge in [-0.3, -0.25) is 4.79 Å². The molecule has 0 aromatic heterocycles.